The van der Waals surface area contributed by atoms with Crippen LogP contribution in [-0.4, -0.2) is 0 Å². The molecule has 3 aromatic carbocycles. The summed E-state index contributed by atoms with van der Waals surface area (Å²) in [5.41, 5.74) is 9.31. The lowest BCUT2D eigenvalue weighted by Crippen LogP contribution is -1.87. The molecule has 0 aromatic heterocycles. The molecule has 3 heteroatoms. The predicted molar refractivity (Wildman–Crippen MR) is 130 cm³/mol. The Morgan fingerprint density at radius 1 is 0.417 bits per heavy atom. The summed E-state index contributed by atoms with van der Waals surface area (Å²) >= 11 is 7.26. The summed E-state index contributed by atoms with van der Waals surface area (Å²) in [4.78, 5) is 0. The molecule has 0 aliphatic heterocycles. The van der Waals surface area contributed by atoms with Crippen molar-refractivity contribution in [3.8, 4) is 22.3 Å². The molecule has 0 aliphatic rings. The van der Waals surface area contributed by atoms with Gasteiger partial charge in [-0.2, -0.15) is 0 Å². The van der Waals surface area contributed by atoms with Gasteiger partial charge in [-0.25, -0.2) is 0 Å². The van der Waals surface area contributed by atoms with Crippen molar-refractivity contribution in [1.82, 2.24) is 0 Å². The van der Waals surface area contributed by atoms with Gasteiger partial charge in [-0.15, -0.1) is 0 Å². The SMILES string of the molecule is ICc1ccc(-c2cc(CI)cc(-c3ccc(CI)cc3)c2)cc1. The summed E-state index contributed by atoms with van der Waals surface area (Å²) in [5.74, 6) is 0. The van der Waals surface area contributed by atoms with Gasteiger partial charge in [-0.05, 0) is 45.0 Å². The molecule has 0 nitrogen and oxygen atoms in total. The van der Waals surface area contributed by atoms with E-state index in [1.807, 2.05) is 0 Å². The van der Waals surface area contributed by atoms with E-state index in [4.69, 9.17) is 0 Å². The lowest BCUT2D eigenvalue weighted by molar-refractivity contribution is 1.42. The molecule has 0 aliphatic carbocycles. The average molecular weight is 650 g/mol. The molecule has 0 radical (unpaired) electrons. The van der Waals surface area contributed by atoms with Gasteiger partial charge in [0.15, 0.2) is 0 Å². The van der Waals surface area contributed by atoms with Gasteiger partial charge in [0.1, 0.15) is 0 Å². The molecule has 0 N–H and O–H groups in total. The minimum atomic E-state index is 1.02. The van der Waals surface area contributed by atoms with E-state index >= 15 is 0 Å². The maximum Gasteiger partial charge on any atom is 0.0247 e. The zero-order valence-electron chi connectivity index (χ0n) is 13.1. The van der Waals surface area contributed by atoms with Crippen LogP contribution < -0.4 is 0 Å². The molecule has 3 aromatic rings. The third kappa shape index (κ3) is 4.52. The first-order valence-electron chi connectivity index (χ1n) is 7.74. The van der Waals surface area contributed by atoms with Crippen LogP contribution in [0.15, 0.2) is 66.7 Å². The van der Waals surface area contributed by atoms with Crippen molar-refractivity contribution in [2.75, 3.05) is 0 Å². The summed E-state index contributed by atoms with van der Waals surface area (Å²) in [5, 5.41) is 0. The summed E-state index contributed by atoms with van der Waals surface area (Å²) in [7, 11) is 0. The maximum atomic E-state index is 2.45. The Bertz CT molecular complexity index is 740. The summed E-state index contributed by atoms with van der Waals surface area (Å²) in [6.45, 7) is 0. The van der Waals surface area contributed by atoms with E-state index in [-0.39, 0.29) is 0 Å². The Hall–Kier alpha value is -0.150. The van der Waals surface area contributed by atoms with E-state index in [2.05, 4.69) is 135 Å². The first kappa shape index (κ1) is 18.6. The highest BCUT2D eigenvalue weighted by atomic mass is 127. The number of hydrogen-bond donors (Lipinski definition) is 0. The van der Waals surface area contributed by atoms with Crippen molar-refractivity contribution in [2.45, 2.75) is 13.3 Å². The van der Waals surface area contributed by atoms with Crippen molar-refractivity contribution in [3.63, 3.8) is 0 Å². The van der Waals surface area contributed by atoms with Gasteiger partial charge in [0, 0.05) is 13.3 Å². The molecule has 0 saturated heterocycles. The molecular weight excluding hydrogens is 633 g/mol. The number of benzene rings is 3. The molecular formula is C21H17I3. The average Bonchev–Trinajstić information content (AvgIpc) is 2.67. The smallest absolute Gasteiger partial charge is 0.0247 e. The molecule has 0 fully saturated rings. The summed E-state index contributed by atoms with van der Waals surface area (Å²) < 4.78 is 3.14. The van der Waals surface area contributed by atoms with Gasteiger partial charge < -0.3 is 0 Å². The number of alkyl halides is 3. The molecule has 3 rings (SSSR count). The Morgan fingerprint density at radius 3 is 1.12 bits per heavy atom. The van der Waals surface area contributed by atoms with Crippen LogP contribution in [0.4, 0.5) is 0 Å². The van der Waals surface area contributed by atoms with E-state index in [9.17, 15) is 0 Å². The molecule has 0 atom stereocenters. The lowest BCUT2D eigenvalue weighted by Gasteiger charge is -2.10. The highest BCUT2D eigenvalue weighted by Crippen LogP contribution is 2.30. The second kappa shape index (κ2) is 8.98. The van der Waals surface area contributed by atoms with Crippen LogP contribution in [-0.2, 0) is 13.3 Å². The fraction of sp³-hybridized carbons (Fsp3) is 0.143. The topological polar surface area (TPSA) is 0 Å². The van der Waals surface area contributed by atoms with E-state index in [1.54, 1.807) is 0 Å². The molecule has 0 unspecified atom stereocenters. The molecule has 0 saturated carbocycles. The van der Waals surface area contributed by atoms with Crippen LogP contribution in [0.1, 0.15) is 16.7 Å². The quantitative estimate of drug-likeness (QED) is 0.195. The Labute approximate surface area is 184 Å². The highest BCUT2D eigenvalue weighted by Gasteiger charge is 2.06. The number of rotatable bonds is 5. The van der Waals surface area contributed by atoms with E-state index in [0.29, 0.717) is 0 Å². The minimum absolute atomic E-state index is 1.02. The largest absolute Gasteiger partial charge is 0.0812 e. The lowest BCUT2D eigenvalue weighted by atomic mass is 9.96. The highest BCUT2D eigenvalue weighted by molar-refractivity contribution is 14.1. The zero-order valence-corrected chi connectivity index (χ0v) is 19.6. The second-order valence-electron chi connectivity index (χ2n) is 5.71. The van der Waals surface area contributed by atoms with Gasteiger partial charge in [0.2, 0.25) is 0 Å². The van der Waals surface area contributed by atoms with Gasteiger partial charge >= 0.3 is 0 Å². The van der Waals surface area contributed by atoms with Gasteiger partial charge in [0.25, 0.3) is 0 Å². The standard InChI is InChI=1S/C21H17I3/c22-12-15-1-5-18(6-2-15)20-9-17(14-24)10-21(11-20)19-7-3-16(13-23)4-8-19/h1-11H,12-14H2. The molecule has 0 amide bonds. The molecule has 24 heavy (non-hydrogen) atoms. The fourth-order valence-electron chi connectivity index (χ4n) is 2.68. The van der Waals surface area contributed by atoms with Crippen molar-refractivity contribution in [3.05, 3.63) is 83.4 Å². The fourth-order valence-corrected chi connectivity index (χ4v) is 4.13. The third-order valence-electron chi connectivity index (χ3n) is 4.03. The monoisotopic (exact) mass is 650 g/mol. The van der Waals surface area contributed by atoms with Crippen LogP contribution in [0.5, 0.6) is 0 Å². The first-order chi connectivity index (χ1) is 11.7. The van der Waals surface area contributed by atoms with Crippen molar-refractivity contribution >= 4 is 67.8 Å². The Balaban J connectivity index is 2.03. The number of halogens is 3. The zero-order chi connectivity index (χ0) is 16.9. The van der Waals surface area contributed by atoms with E-state index < -0.39 is 0 Å². The predicted octanol–water partition coefficient (Wildman–Crippen LogP) is 7.83. The summed E-state index contributed by atoms with van der Waals surface area (Å²) in [6.07, 6.45) is 0. The maximum absolute atomic E-state index is 2.45. The van der Waals surface area contributed by atoms with Crippen molar-refractivity contribution in [1.29, 1.82) is 0 Å². The van der Waals surface area contributed by atoms with Crippen LogP contribution in [0.3, 0.4) is 0 Å². The normalized spacial score (nSPS) is 10.8. The van der Waals surface area contributed by atoms with Crippen LogP contribution in [0, 0.1) is 0 Å². The molecule has 0 spiro atoms. The Kier molecular flexibility index (Phi) is 6.97. The van der Waals surface area contributed by atoms with Crippen molar-refractivity contribution < 1.29 is 0 Å². The van der Waals surface area contributed by atoms with Crippen LogP contribution >= 0.6 is 67.8 Å². The first-order valence-corrected chi connectivity index (χ1v) is 12.3. The van der Waals surface area contributed by atoms with Gasteiger partial charge in [-0.3, -0.25) is 0 Å². The Morgan fingerprint density at radius 2 is 0.792 bits per heavy atom. The van der Waals surface area contributed by atoms with Gasteiger partial charge in [-0.1, -0.05) is 128 Å². The van der Waals surface area contributed by atoms with E-state index in [0.717, 1.165) is 13.3 Å². The number of hydrogen-bond acceptors (Lipinski definition) is 0. The van der Waals surface area contributed by atoms with Gasteiger partial charge in [0.05, 0.1) is 0 Å². The van der Waals surface area contributed by atoms with E-state index in [1.165, 1.54) is 38.9 Å². The van der Waals surface area contributed by atoms with Crippen LogP contribution in [0.2, 0.25) is 0 Å². The summed E-state index contributed by atoms with van der Waals surface area (Å²) in [6, 6.07) is 24.8. The molecule has 122 valence electrons. The van der Waals surface area contributed by atoms with Crippen LogP contribution in [0.25, 0.3) is 22.3 Å². The molecule has 0 bridgehead atoms. The van der Waals surface area contributed by atoms with Crippen molar-refractivity contribution in [2.24, 2.45) is 0 Å². The second-order valence-corrected chi connectivity index (χ2v) is 8.00. The minimum Gasteiger partial charge on any atom is -0.0812 e. The third-order valence-corrected chi connectivity index (χ3v) is 6.67. The molecule has 0 heterocycles.